The van der Waals surface area contributed by atoms with Crippen LogP contribution >= 0.6 is 0 Å². The summed E-state index contributed by atoms with van der Waals surface area (Å²) in [6.07, 6.45) is -0.774. The van der Waals surface area contributed by atoms with E-state index in [1.54, 1.807) is 6.07 Å². The lowest BCUT2D eigenvalue weighted by Gasteiger charge is -2.09. The van der Waals surface area contributed by atoms with Crippen LogP contribution in [0.15, 0.2) is 30.6 Å². The molecule has 0 radical (unpaired) electrons. The molecule has 2 rings (SSSR count). The van der Waals surface area contributed by atoms with Gasteiger partial charge in [0.05, 0.1) is 12.4 Å². The molecule has 0 saturated carbocycles. The summed E-state index contributed by atoms with van der Waals surface area (Å²) in [4.78, 5) is 19.3. The van der Waals surface area contributed by atoms with Crippen LogP contribution in [0.5, 0.6) is 0 Å². The smallest absolute Gasteiger partial charge is 0.281 e. The van der Waals surface area contributed by atoms with Crippen LogP contribution in [-0.2, 0) is 6.42 Å². The molecule has 1 aromatic heterocycles. The molecule has 116 valence electrons. The lowest BCUT2D eigenvalue weighted by Crippen LogP contribution is -2.08. The molecule has 1 aromatic carbocycles. The van der Waals surface area contributed by atoms with Crippen molar-refractivity contribution in [3.63, 3.8) is 0 Å². The van der Waals surface area contributed by atoms with Gasteiger partial charge in [0.2, 0.25) is 0 Å². The third-order valence-corrected chi connectivity index (χ3v) is 3.23. The maximum atomic E-state index is 13.6. The number of nitrogens with zero attached hydrogens (tertiary/aromatic N) is 2. The highest BCUT2D eigenvalue weighted by Gasteiger charge is 2.14. The first-order valence-corrected chi connectivity index (χ1v) is 6.80. The fourth-order valence-electron chi connectivity index (χ4n) is 2.02. The highest BCUT2D eigenvalue weighted by Crippen LogP contribution is 2.21. The summed E-state index contributed by atoms with van der Waals surface area (Å²) in [6, 6.07) is 4.49. The highest BCUT2D eigenvalue weighted by molar-refractivity contribution is 5.95. The normalized spacial score (nSPS) is 11.2. The van der Waals surface area contributed by atoms with Crippen LogP contribution in [0.2, 0.25) is 0 Å². The topological polar surface area (TPSA) is 42.9 Å². The number of carbonyl (C=O) groups excluding carboxylic acids is 1. The summed E-state index contributed by atoms with van der Waals surface area (Å²) in [7, 11) is 0. The van der Waals surface area contributed by atoms with E-state index in [9.17, 15) is 18.0 Å². The quantitative estimate of drug-likeness (QED) is 0.781. The average molecular weight is 308 g/mol. The predicted octanol–water partition coefficient (Wildman–Crippen LogP) is 4.10. The minimum Gasteiger partial charge on any atom is -0.292 e. The minimum atomic E-state index is -2.72. The number of benzene rings is 1. The molecule has 1 heterocycles. The van der Waals surface area contributed by atoms with Crippen LogP contribution in [0.1, 0.15) is 53.5 Å². The zero-order valence-electron chi connectivity index (χ0n) is 12.2. The number of aromatic nitrogens is 2. The van der Waals surface area contributed by atoms with Gasteiger partial charge in [0.15, 0.2) is 5.78 Å². The van der Waals surface area contributed by atoms with Gasteiger partial charge in [-0.05, 0) is 23.1 Å². The lowest BCUT2D eigenvalue weighted by molar-refractivity contribution is 0.0986. The Hall–Kier alpha value is -2.24. The standard InChI is InChI=1S/C16H15F3N2O/c1-9(2)11-5-10(3-4-12(11)17)6-15(22)13-7-21-14(8-20-13)16(18)19/h3-5,7-9,16H,6H2,1-2H3. The summed E-state index contributed by atoms with van der Waals surface area (Å²) in [5.74, 6) is -0.665. The van der Waals surface area contributed by atoms with Crippen LogP contribution in [0.4, 0.5) is 13.2 Å². The third-order valence-electron chi connectivity index (χ3n) is 3.23. The van der Waals surface area contributed by atoms with E-state index >= 15 is 0 Å². The summed E-state index contributed by atoms with van der Waals surface area (Å²) in [6.45, 7) is 3.72. The Labute approximate surface area is 126 Å². The van der Waals surface area contributed by atoms with E-state index in [1.165, 1.54) is 12.1 Å². The molecule has 0 aliphatic rings. The van der Waals surface area contributed by atoms with Gasteiger partial charge in [-0.25, -0.2) is 18.2 Å². The molecule has 0 unspecified atom stereocenters. The molecule has 22 heavy (non-hydrogen) atoms. The van der Waals surface area contributed by atoms with Crippen LogP contribution < -0.4 is 0 Å². The van der Waals surface area contributed by atoms with E-state index in [2.05, 4.69) is 9.97 Å². The van der Waals surface area contributed by atoms with Gasteiger partial charge in [0, 0.05) is 6.42 Å². The number of hydrogen-bond donors (Lipinski definition) is 0. The van der Waals surface area contributed by atoms with Crippen molar-refractivity contribution in [2.45, 2.75) is 32.6 Å². The third kappa shape index (κ3) is 3.69. The van der Waals surface area contributed by atoms with E-state index < -0.39 is 12.1 Å². The first-order chi connectivity index (χ1) is 10.4. The molecular formula is C16H15F3N2O. The Morgan fingerprint density at radius 2 is 1.91 bits per heavy atom. The van der Waals surface area contributed by atoms with Crippen molar-refractivity contribution in [3.8, 4) is 0 Å². The van der Waals surface area contributed by atoms with Crippen molar-refractivity contribution in [2.24, 2.45) is 0 Å². The molecule has 0 N–H and O–H groups in total. The second-order valence-electron chi connectivity index (χ2n) is 5.24. The van der Waals surface area contributed by atoms with E-state index in [4.69, 9.17) is 0 Å². The van der Waals surface area contributed by atoms with Crippen LogP contribution in [-0.4, -0.2) is 15.8 Å². The SMILES string of the molecule is CC(C)c1cc(CC(=O)c2cnc(C(F)F)cn2)ccc1F. The lowest BCUT2D eigenvalue weighted by atomic mass is 9.97. The molecule has 0 spiro atoms. The largest absolute Gasteiger partial charge is 0.292 e. The first-order valence-electron chi connectivity index (χ1n) is 6.80. The molecular weight excluding hydrogens is 293 g/mol. The highest BCUT2D eigenvalue weighted by atomic mass is 19.3. The molecule has 3 nitrogen and oxygen atoms in total. The Balaban J connectivity index is 2.16. The summed E-state index contributed by atoms with van der Waals surface area (Å²) in [5, 5.41) is 0. The second-order valence-corrected chi connectivity index (χ2v) is 5.24. The summed E-state index contributed by atoms with van der Waals surface area (Å²) < 4.78 is 38.4. The zero-order chi connectivity index (χ0) is 16.3. The van der Waals surface area contributed by atoms with Gasteiger partial charge in [-0.1, -0.05) is 26.0 Å². The Morgan fingerprint density at radius 3 is 2.45 bits per heavy atom. The second kappa shape index (κ2) is 6.68. The van der Waals surface area contributed by atoms with E-state index in [0.717, 1.165) is 12.4 Å². The molecule has 6 heteroatoms. The van der Waals surface area contributed by atoms with Gasteiger partial charge in [-0.3, -0.25) is 9.78 Å². The average Bonchev–Trinajstić information content (AvgIpc) is 2.49. The van der Waals surface area contributed by atoms with Gasteiger partial charge in [0.25, 0.3) is 6.43 Å². The number of rotatable bonds is 5. The molecule has 0 saturated heterocycles. The summed E-state index contributed by atoms with van der Waals surface area (Å²) >= 11 is 0. The van der Waals surface area contributed by atoms with Gasteiger partial charge in [0.1, 0.15) is 17.2 Å². The van der Waals surface area contributed by atoms with Crippen molar-refractivity contribution in [3.05, 3.63) is 58.9 Å². The molecule has 0 aliphatic heterocycles. The van der Waals surface area contributed by atoms with Crippen molar-refractivity contribution in [1.82, 2.24) is 9.97 Å². The Kier molecular flexibility index (Phi) is 4.90. The molecule has 0 aliphatic carbocycles. The number of Topliss-reactive ketones (excluding diaryl/α,β-unsaturated/α-hetero) is 1. The van der Waals surface area contributed by atoms with Crippen LogP contribution in [0.3, 0.4) is 0 Å². The van der Waals surface area contributed by atoms with Gasteiger partial charge < -0.3 is 0 Å². The van der Waals surface area contributed by atoms with E-state index in [0.29, 0.717) is 11.1 Å². The first kappa shape index (κ1) is 16.1. The van der Waals surface area contributed by atoms with Gasteiger partial charge >= 0.3 is 0 Å². The Bertz CT molecular complexity index is 670. The predicted molar refractivity (Wildman–Crippen MR) is 75.5 cm³/mol. The van der Waals surface area contributed by atoms with Crippen molar-refractivity contribution in [2.75, 3.05) is 0 Å². The summed E-state index contributed by atoms with van der Waals surface area (Å²) in [5.41, 5.74) is 0.722. The zero-order valence-corrected chi connectivity index (χ0v) is 12.2. The van der Waals surface area contributed by atoms with Gasteiger partial charge in [-0.15, -0.1) is 0 Å². The molecule has 0 fully saturated rings. The number of alkyl halides is 2. The van der Waals surface area contributed by atoms with Crippen LogP contribution in [0, 0.1) is 5.82 Å². The fraction of sp³-hybridized carbons (Fsp3) is 0.312. The Morgan fingerprint density at radius 1 is 1.18 bits per heavy atom. The number of hydrogen-bond acceptors (Lipinski definition) is 3. The molecule has 0 bridgehead atoms. The van der Waals surface area contributed by atoms with Crippen molar-refractivity contribution < 1.29 is 18.0 Å². The molecule has 0 amide bonds. The molecule has 2 aromatic rings. The van der Waals surface area contributed by atoms with Crippen molar-refractivity contribution in [1.29, 1.82) is 0 Å². The fourth-order valence-corrected chi connectivity index (χ4v) is 2.02. The van der Waals surface area contributed by atoms with Crippen molar-refractivity contribution >= 4 is 5.78 Å². The van der Waals surface area contributed by atoms with E-state index in [-0.39, 0.29) is 29.6 Å². The minimum absolute atomic E-state index is 0.000156. The van der Waals surface area contributed by atoms with Crippen LogP contribution in [0.25, 0.3) is 0 Å². The number of ketones is 1. The molecule has 0 atom stereocenters. The monoisotopic (exact) mass is 308 g/mol. The number of halogens is 3. The number of carbonyl (C=O) groups is 1. The maximum Gasteiger partial charge on any atom is 0.281 e. The van der Waals surface area contributed by atoms with Gasteiger partial charge in [-0.2, -0.15) is 0 Å². The van der Waals surface area contributed by atoms with E-state index in [1.807, 2.05) is 13.8 Å². The maximum absolute atomic E-state index is 13.6.